The molecule has 0 unspecified atom stereocenters. The van der Waals surface area contributed by atoms with Crippen molar-refractivity contribution in [3.05, 3.63) is 0 Å². The first-order chi connectivity index (χ1) is 7.97. The van der Waals surface area contributed by atoms with Gasteiger partial charge in [-0.15, -0.1) is 0 Å². The SMILES string of the molecule is CCNC(C)(C)C(=O)N(C)CCOCC1CC1. The van der Waals surface area contributed by atoms with Gasteiger partial charge >= 0.3 is 0 Å². The maximum Gasteiger partial charge on any atom is 0.242 e. The quantitative estimate of drug-likeness (QED) is 0.652. The minimum Gasteiger partial charge on any atom is -0.379 e. The first kappa shape index (κ1) is 14.5. The highest BCUT2D eigenvalue weighted by Crippen LogP contribution is 2.28. The Kier molecular flexibility index (Phi) is 5.40. The van der Waals surface area contributed by atoms with E-state index in [9.17, 15) is 4.79 Å². The highest BCUT2D eigenvalue weighted by Gasteiger charge is 2.29. The first-order valence-corrected chi connectivity index (χ1v) is 6.55. The van der Waals surface area contributed by atoms with E-state index in [1.165, 1.54) is 12.8 Å². The lowest BCUT2D eigenvalue weighted by Gasteiger charge is -2.30. The van der Waals surface area contributed by atoms with Crippen LogP contribution in [0.25, 0.3) is 0 Å². The molecule has 0 atom stereocenters. The molecule has 100 valence electrons. The van der Waals surface area contributed by atoms with Gasteiger partial charge in [-0.1, -0.05) is 6.92 Å². The Labute approximate surface area is 105 Å². The Morgan fingerprint density at radius 3 is 2.65 bits per heavy atom. The number of ether oxygens (including phenoxy) is 1. The summed E-state index contributed by atoms with van der Waals surface area (Å²) in [6, 6.07) is 0. The van der Waals surface area contributed by atoms with Crippen molar-refractivity contribution in [1.29, 1.82) is 0 Å². The molecular weight excluding hydrogens is 216 g/mol. The van der Waals surface area contributed by atoms with Gasteiger partial charge in [0.25, 0.3) is 0 Å². The third-order valence-corrected chi connectivity index (χ3v) is 3.12. The Balaban J connectivity index is 2.19. The zero-order valence-corrected chi connectivity index (χ0v) is 11.6. The van der Waals surface area contributed by atoms with E-state index >= 15 is 0 Å². The lowest BCUT2D eigenvalue weighted by atomic mass is 10.0. The number of likely N-dealkylation sites (N-methyl/N-ethyl adjacent to an activating group) is 2. The van der Waals surface area contributed by atoms with Gasteiger partial charge in [-0.25, -0.2) is 0 Å². The molecule has 17 heavy (non-hydrogen) atoms. The van der Waals surface area contributed by atoms with Crippen LogP contribution < -0.4 is 5.32 Å². The molecule has 0 saturated heterocycles. The van der Waals surface area contributed by atoms with Gasteiger partial charge < -0.3 is 15.0 Å². The van der Waals surface area contributed by atoms with E-state index in [4.69, 9.17) is 4.74 Å². The van der Waals surface area contributed by atoms with Crippen LogP contribution in [0.5, 0.6) is 0 Å². The van der Waals surface area contributed by atoms with E-state index in [2.05, 4.69) is 5.32 Å². The lowest BCUT2D eigenvalue weighted by Crippen LogP contribution is -2.53. The van der Waals surface area contributed by atoms with E-state index in [-0.39, 0.29) is 5.91 Å². The van der Waals surface area contributed by atoms with E-state index in [0.717, 1.165) is 19.1 Å². The fourth-order valence-corrected chi connectivity index (χ4v) is 1.83. The molecule has 1 amide bonds. The standard InChI is InChI=1S/C13H26N2O2/c1-5-14-13(2,3)12(16)15(4)8-9-17-10-11-6-7-11/h11,14H,5-10H2,1-4H3. The first-order valence-electron chi connectivity index (χ1n) is 6.55. The zero-order chi connectivity index (χ0) is 12.9. The summed E-state index contributed by atoms with van der Waals surface area (Å²) in [7, 11) is 1.84. The summed E-state index contributed by atoms with van der Waals surface area (Å²) in [4.78, 5) is 13.8. The molecule has 1 saturated carbocycles. The molecule has 0 aliphatic heterocycles. The van der Waals surface area contributed by atoms with Gasteiger partial charge in [0.2, 0.25) is 5.91 Å². The average Bonchev–Trinajstić information content (AvgIpc) is 3.06. The van der Waals surface area contributed by atoms with Crippen LogP contribution in [0.1, 0.15) is 33.6 Å². The van der Waals surface area contributed by atoms with E-state index in [1.54, 1.807) is 4.90 Å². The topological polar surface area (TPSA) is 41.6 Å². The molecule has 1 N–H and O–H groups in total. The second-order valence-electron chi connectivity index (χ2n) is 5.40. The number of nitrogens with zero attached hydrogens (tertiary/aromatic N) is 1. The molecule has 4 nitrogen and oxygen atoms in total. The molecule has 0 radical (unpaired) electrons. The smallest absolute Gasteiger partial charge is 0.242 e. The van der Waals surface area contributed by atoms with Gasteiger partial charge in [-0.05, 0) is 39.2 Å². The van der Waals surface area contributed by atoms with Gasteiger partial charge in [0, 0.05) is 20.2 Å². The van der Waals surface area contributed by atoms with Crippen molar-refractivity contribution in [2.75, 3.05) is 33.4 Å². The van der Waals surface area contributed by atoms with Crippen LogP contribution >= 0.6 is 0 Å². The van der Waals surface area contributed by atoms with Crippen molar-refractivity contribution in [3.63, 3.8) is 0 Å². The minimum absolute atomic E-state index is 0.120. The molecule has 0 aromatic rings. The van der Waals surface area contributed by atoms with Crippen molar-refractivity contribution >= 4 is 5.91 Å². The summed E-state index contributed by atoms with van der Waals surface area (Å²) < 4.78 is 5.54. The minimum atomic E-state index is -0.486. The van der Waals surface area contributed by atoms with Crippen LogP contribution in [0.3, 0.4) is 0 Å². The van der Waals surface area contributed by atoms with Gasteiger partial charge in [0.05, 0.1) is 12.1 Å². The summed E-state index contributed by atoms with van der Waals surface area (Å²) in [5.41, 5.74) is -0.486. The number of nitrogens with one attached hydrogen (secondary N) is 1. The van der Waals surface area contributed by atoms with Crippen LogP contribution in [0.15, 0.2) is 0 Å². The van der Waals surface area contributed by atoms with E-state index < -0.39 is 5.54 Å². The summed E-state index contributed by atoms with van der Waals surface area (Å²) >= 11 is 0. The summed E-state index contributed by atoms with van der Waals surface area (Å²) in [6.07, 6.45) is 2.62. The van der Waals surface area contributed by atoms with Crippen molar-refractivity contribution in [2.45, 2.75) is 39.2 Å². The van der Waals surface area contributed by atoms with Gasteiger partial charge in [0.1, 0.15) is 0 Å². The molecule has 0 aromatic carbocycles. The van der Waals surface area contributed by atoms with E-state index in [0.29, 0.717) is 13.2 Å². The third kappa shape index (κ3) is 5.04. The van der Waals surface area contributed by atoms with Gasteiger partial charge in [-0.3, -0.25) is 4.79 Å². The van der Waals surface area contributed by atoms with Crippen LogP contribution in [0.4, 0.5) is 0 Å². The largest absolute Gasteiger partial charge is 0.379 e. The maximum absolute atomic E-state index is 12.1. The molecule has 0 aromatic heterocycles. The number of amides is 1. The molecular formula is C13H26N2O2. The second kappa shape index (κ2) is 6.36. The van der Waals surface area contributed by atoms with Crippen LogP contribution in [0.2, 0.25) is 0 Å². The van der Waals surface area contributed by atoms with Crippen LogP contribution in [-0.2, 0) is 9.53 Å². The molecule has 1 fully saturated rings. The Morgan fingerprint density at radius 2 is 2.12 bits per heavy atom. The summed E-state index contributed by atoms with van der Waals surface area (Å²) in [5, 5.41) is 3.19. The molecule has 0 spiro atoms. The average molecular weight is 242 g/mol. The number of hydrogen-bond acceptors (Lipinski definition) is 3. The molecule has 0 heterocycles. The normalized spacial score (nSPS) is 16.0. The van der Waals surface area contributed by atoms with Crippen molar-refractivity contribution in [2.24, 2.45) is 5.92 Å². The Morgan fingerprint density at radius 1 is 1.47 bits per heavy atom. The number of rotatable bonds is 8. The molecule has 1 rings (SSSR count). The Hall–Kier alpha value is -0.610. The number of carbonyl (C=O) groups excluding carboxylic acids is 1. The third-order valence-electron chi connectivity index (χ3n) is 3.12. The second-order valence-corrected chi connectivity index (χ2v) is 5.40. The van der Waals surface area contributed by atoms with Gasteiger partial charge in [-0.2, -0.15) is 0 Å². The summed E-state index contributed by atoms with van der Waals surface area (Å²) in [6.45, 7) is 8.80. The van der Waals surface area contributed by atoms with E-state index in [1.807, 2.05) is 27.8 Å². The number of carbonyl (C=O) groups is 1. The van der Waals surface area contributed by atoms with Crippen LogP contribution in [-0.4, -0.2) is 49.7 Å². The predicted molar refractivity (Wildman–Crippen MR) is 68.9 cm³/mol. The zero-order valence-electron chi connectivity index (χ0n) is 11.6. The monoisotopic (exact) mass is 242 g/mol. The van der Waals surface area contributed by atoms with Crippen molar-refractivity contribution in [1.82, 2.24) is 10.2 Å². The highest BCUT2D eigenvalue weighted by atomic mass is 16.5. The fourth-order valence-electron chi connectivity index (χ4n) is 1.83. The number of hydrogen-bond donors (Lipinski definition) is 1. The lowest BCUT2D eigenvalue weighted by molar-refractivity contribution is -0.136. The fraction of sp³-hybridized carbons (Fsp3) is 0.923. The Bertz CT molecular complexity index is 250. The molecule has 1 aliphatic carbocycles. The molecule has 4 heteroatoms. The maximum atomic E-state index is 12.1. The molecule has 1 aliphatic rings. The summed E-state index contributed by atoms with van der Waals surface area (Å²) in [5.74, 6) is 0.906. The van der Waals surface area contributed by atoms with Crippen LogP contribution in [0, 0.1) is 5.92 Å². The predicted octanol–water partition coefficient (Wildman–Crippen LogP) is 1.26. The highest BCUT2D eigenvalue weighted by molar-refractivity contribution is 5.85. The van der Waals surface area contributed by atoms with Crippen molar-refractivity contribution in [3.8, 4) is 0 Å². The molecule has 0 bridgehead atoms. The van der Waals surface area contributed by atoms with Crippen molar-refractivity contribution < 1.29 is 9.53 Å². The van der Waals surface area contributed by atoms with Gasteiger partial charge in [0.15, 0.2) is 0 Å².